The van der Waals surface area contributed by atoms with Gasteiger partial charge < -0.3 is 0 Å². The van der Waals surface area contributed by atoms with Gasteiger partial charge in [-0.3, -0.25) is 0 Å². The predicted octanol–water partition coefficient (Wildman–Crippen LogP) is 3.02. The fourth-order valence-electron chi connectivity index (χ4n) is 0.642. The fraction of sp³-hybridized carbons (Fsp3) is 0. The first-order chi connectivity index (χ1) is 6.00. The Balaban J connectivity index is 0. The van der Waals surface area contributed by atoms with Gasteiger partial charge in [-0.2, -0.15) is 36.4 Å². The first-order valence-electron chi connectivity index (χ1n) is 3.57. The molecule has 0 bridgehead atoms. The van der Waals surface area contributed by atoms with Gasteiger partial charge >= 0.3 is 26.2 Å². The molecule has 3 heteroatoms. The van der Waals surface area contributed by atoms with Gasteiger partial charge in [0.1, 0.15) is 0 Å². The van der Waals surface area contributed by atoms with Gasteiger partial charge in [-0.25, -0.2) is 24.3 Å². The average molecular weight is 235 g/mol. The molecule has 0 saturated heterocycles. The maximum absolute atomic E-state index is 8.17. The number of hydrogen-bond donors (Lipinski definition) is 0. The van der Waals surface area contributed by atoms with Crippen LogP contribution in [0.15, 0.2) is 60.7 Å². The molecule has 0 heterocycles. The van der Waals surface area contributed by atoms with Crippen molar-refractivity contribution >= 4 is 9.12 Å². The van der Waals surface area contributed by atoms with Crippen molar-refractivity contribution in [1.82, 2.24) is 0 Å². The van der Waals surface area contributed by atoms with E-state index in [2.05, 4.69) is 0 Å². The molecule has 1 nitrogen and oxygen atoms in total. The zero-order chi connectivity index (χ0) is 9.07. The van der Waals surface area contributed by atoms with Crippen LogP contribution in [0.3, 0.4) is 0 Å². The van der Waals surface area contributed by atoms with Gasteiger partial charge in [-0.15, -0.1) is 0 Å². The molecule has 70 valence electrons. The first kappa shape index (κ1) is 14.8. The third kappa shape index (κ3) is 11.3. The SMILES string of the molecule is O=[PH2+].[Fe+2].c1cc[cH-]c1.c1cc[cH-]c1. The minimum Gasteiger partial charge on any atom is -0.214 e. The van der Waals surface area contributed by atoms with E-state index in [0.717, 1.165) is 0 Å². The monoisotopic (exact) mass is 235 g/mol. The van der Waals surface area contributed by atoms with E-state index in [-0.39, 0.29) is 17.1 Å². The molecule has 0 fully saturated rings. The van der Waals surface area contributed by atoms with Gasteiger partial charge in [0.25, 0.3) is 0 Å². The van der Waals surface area contributed by atoms with Crippen LogP contribution in [0.5, 0.6) is 0 Å². The topological polar surface area (TPSA) is 17.1 Å². The van der Waals surface area contributed by atoms with Crippen LogP contribution in [0.25, 0.3) is 0 Å². The smallest absolute Gasteiger partial charge is 0.214 e. The average Bonchev–Trinajstić information content (AvgIpc) is 2.87. The van der Waals surface area contributed by atoms with E-state index in [1.165, 1.54) is 9.12 Å². The van der Waals surface area contributed by atoms with Crippen molar-refractivity contribution < 1.29 is 21.6 Å². The summed E-state index contributed by atoms with van der Waals surface area (Å²) in [6, 6.07) is 20.0. The van der Waals surface area contributed by atoms with Crippen molar-refractivity contribution in [3.8, 4) is 0 Å². The molecule has 2 rings (SSSR count). The Hall–Kier alpha value is -0.681. The van der Waals surface area contributed by atoms with Gasteiger partial charge in [0.15, 0.2) is 0 Å². The van der Waals surface area contributed by atoms with Crippen LogP contribution >= 0.6 is 9.12 Å². The van der Waals surface area contributed by atoms with Crippen LogP contribution in [0.2, 0.25) is 0 Å². The van der Waals surface area contributed by atoms with E-state index in [4.69, 9.17) is 4.57 Å². The molecule has 0 N–H and O–H groups in total. The second kappa shape index (κ2) is 13.9. The minimum absolute atomic E-state index is 0. The van der Waals surface area contributed by atoms with Crippen LogP contribution in [0, 0.1) is 0 Å². The third-order valence-corrected chi connectivity index (χ3v) is 1.11. The summed E-state index contributed by atoms with van der Waals surface area (Å²) in [5.41, 5.74) is 0. The summed E-state index contributed by atoms with van der Waals surface area (Å²) < 4.78 is 8.17. The van der Waals surface area contributed by atoms with Gasteiger partial charge in [0.2, 0.25) is 0 Å². The van der Waals surface area contributed by atoms with Crippen molar-refractivity contribution in [3.63, 3.8) is 0 Å². The molecule has 0 saturated carbocycles. The molecule has 0 aliphatic rings. The van der Waals surface area contributed by atoms with E-state index >= 15 is 0 Å². The summed E-state index contributed by atoms with van der Waals surface area (Å²) >= 11 is 0. The van der Waals surface area contributed by atoms with Crippen LogP contribution < -0.4 is 0 Å². The Morgan fingerprint density at radius 1 is 0.692 bits per heavy atom. The quantitative estimate of drug-likeness (QED) is 0.389. The van der Waals surface area contributed by atoms with Crippen molar-refractivity contribution in [2.24, 2.45) is 0 Å². The second-order valence-corrected chi connectivity index (χ2v) is 1.92. The summed E-state index contributed by atoms with van der Waals surface area (Å²) in [4.78, 5) is 0. The van der Waals surface area contributed by atoms with E-state index in [0.29, 0.717) is 0 Å². The molecule has 0 aliphatic carbocycles. The Morgan fingerprint density at radius 3 is 1.00 bits per heavy atom. The Labute approximate surface area is 91.6 Å². The maximum Gasteiger partial charge on any atom is 2.00 e. The molecular formula is C10H12FeOP+. The van der Waals surface area contributed by atoms with Gasteiger partial charge in [0, 0.05) is 0 Å². The van der Waals surface area contributed by atoms with E-state index in [9.17, 15) is 0 Å². The maximum atomic E-state index is 8.17. The zero-order valence-corrected chi connectivity index (χ0v) is 9.37. The second-order valence-electron chi connectivity index (χ2n) is 1.92. The summed E-state index contributed by atoms with van der Waals surface area (Å²) in [5, 5.41) is 0. The third-order valence-electron chi connectivity index (χ3n) is 1.11. The minimum atomic E-state index is 0. The van der Waals surface area contributed by atoms with Crippen LogP contribution in [-0.4, -0.2) is 0 Å². The standard InChI is InChI=1S/2C5H5.Fe.H2OP/c2*1-2-4-5-3-1;;1-2/h2*1-5H;;2H2/q2*-1;+2;+1. The van der Waals surface area contributed by atoms with Crippen molar-refractivity contribution in [2.45, 2.75) is 0 Å². The normalized spacial score (nSPS) is 6.46. The zero-order valence-electron chi connectivity index (χ0n) is 7.11. The van der Waals surface area contributed by atoms with Gasteiger partial charge in [-0.1, -0.05) is 4.57 Å². The van der Waals surface area contributed by atoms with Crippen molar-refractivity contribution in [3.05, 3.63) is 60.7 Å². The molecule has 0 spiro atoms. The molecule has 13 heavy (non-hydrogen) atoms. The van der Waals surface area contributed by atoms with Crippen molar-refractivity contribution in [1.29, 1.82) is 0 Å². The molecule has 0 amide bonds. The number of rotatable bonds is 0. The molecule has 2 aromatic rings. The molecule has 0 aromatic heterocycles. The Bertz CT molecular complexity index is 167. The van der Waals surface area contributed by atoms with Crippen LogP contribution in [0.4, 0.5) is 0 Å². The van der Waals surface area contributed by atoms with E-state index < -0.39 is 0 Å². The van der Waals surface area contributed by atoms with E-state index in [1.54, 1.807) is 0 Å². The summed E-state index contributed by atoms with van der Waals surface area (Å²) in [6.45, 7) is 0. The molecule has 2 aromatic carbocycles. The summed E-state index contributed by atoms with van der Waals surface area (Å²) in [7, 11) is 1.17. The van der Waals surface area contributed by atoms with Crippen LogP contribution in [-0.2, 0) is 21.6 Å². The van der Waals surface area contributed by atoms with Gasteiger partial charge in [0.05, 0.1) is 0 Å². The molecule has 0 aliphatic heterocycles. The first-order valence-corrected chi connectivity index (χ1v) is 4.04. The van der Waals surface area contributed by atoms with Crippen molar-refractivity contribution in [2.75, 3.05) is 0 Å². The summed E-state index contributed by atoms with van der Waals surface area (Å²) in [6.07, 6.45) is 0. The van der Waals surface area contributed by atoms with E-state index in [1.807, 2.05) is 60.7 Å². The molecule has 1 unspecified atom stereocenters. The predicted molar refractivity (Wildman–Crippen MR) is 54.5 cm³/mol. The molecular weight excluding hydrogens is 223 g/mol. The van der Waals surface area contributed by atoms with Crippen LogP contribution in [0.1, 0.15) is 0 Å². The van der Waals surface area contributed by atoms with Gasteiger partial charge in [-0.05, 0) is 0 Å². The fourth-order valence-corrected chi connectivity index (χ4v) is 0.642. The molecule has 1 atom stereocenters. The summed E-state index contributed by atoms with van der Waals surface area (Å²) in [5.74, 6) is 0. The largest absolute Gasteiger partial charge is 2.00 e. The molecule has 0 radical (unpaired) electrons. The number of hydrogen-bond acceptors (Lipinski definition) is 1. The Kier molecular flexibility index (Phi) is 15.8. The Morgan fingerprint density at radius 2 is 0.923 bits per heavy atom.